The molecule has 0 unspecified atom stereocenters. The van der Waals surface area contributed by atoms with Crippen molar-refractivity contribution in [3.05, 3.63) is 88.4 Å². The van der Waals surface area contributed by atoms with E-state index in [1.165, 1.54) is 16.2 Å². The molecule has 4 rings (SSSR count). The number of hydrogen-bond acceptors (Lipinski definition) is 6. The number of aromatic nitrogens is 1. The van der Waals surface area contributed by atoms with Crippen LogP contribution < -0.4 is 0 Å². The minimum atomic E-state index is -0.490. The fraction of sp³-hybridized carbons (Fsp3) is 0.308. The van der Waals surface area contributed by atoms with E-state index in [1.54, 1.807) is 43.9 Å². The van der Waals surface area contributed by atoms with Gasteiger partial charge in [0.1, 0.15) is 0 Å². The summed E-state index contributed by atoms with van der Waals surface area (Å²) < 4.78 is 0. The molecule has 0 radical (unpaired) electrons. The van der Waals surface area contributed by atoms with Crippen molar-refractivity contribution in [2.45, 2.75) is 5.92 Å². The highest BCUT2D eigenvalue weighted by atomic mass is 32.1. The number of hydrogen-bond donors (Lipinski definition) is 0. The summed E-state index contributed by atoms with van der Waals surface area (Å²) in [6.07, 6.45) is 0. The molecule has 1 aliphatic heterocycles. The number of benzene rings is 2. The van der Waals surface area contributed by atoms with Gasteiger partial charge in [0.05, 0.1) is 17.7 Å². The summed E-state index contributed by atoms with van der Waals surface area (Å²) in [5.74, 6) is -1.45. The highest BCUT2D eigenvalue weighted by Crippen LogP contribution is 2.40. The van der Waals surface area contributed by atoms with Gasteiger partial charge in [0.25, 0.3) is 0 Å². The van der Waals surface area contributed by atoms with Crippen LogP contribution in [0, 0.1) is 11.8 Å². The Kier molecular flexibility index (Phi) is 7.11. The fourth-order valence-electron chi connectivity index (χ4n) is 4.52. The fourth-order valence-corrected chi connectivity index (χ4v) is 5.12. The molecule has 2 aromatic carbocycles. The van der Waals surface area contributed by atoms with E-state index in [2.05, 4.69) is 4.98 Å². The number of piperidine rings is 1. The van der Waals surface area contributed by atoms with Gasteiger partial charge in [0.2, 0.25) is 5.91 Å². The molecule has 0 N–H and O–H groups in total. The minimum absolute atomic E-state index is 0.0264. The topological polar surface area (TPSA) is 70.6 Å². The molecule has 1 fully saturated rings. The van der Waals surface area contributed by atoms with Gasteiger partial charge in [0.15, 0.2) is 11.6 Å². The summed E-state index contributed by atoms with van der Waals surface area (Å²) in [4.78, 5) is 48.0. The molecule has 6 nitrogen and oxygen atoms in total. The third-order valence-electron chi connectivity index (χ3n) is 6.22. The molecule has 2 heterocycles. The highest BCUT2D eigenvalue weighted by Gasteiger charge is 2.46. The Morgan fingerprint density at radius 3 is 1.85 bits per heavy atom. The molecule has 1 aliphatic rings. The average Bonchev–Trinajstić information content (AvgIpc) is 3.38. The van der Waals surface area contributed by atoms with Crippen molar-refractivity contribution in [2.24, 2.45) is 11.8 Å². The first-order chi connectivity index (χ1) is 16.0. The lowest BCUT2D eigenvalue weighted by Gasteiger charge is -2.42. The summed E-state index contributed by atoms with van der Waals surface area (Å²) in [5, 5.41) is 1.93. The first-order valence-electron chi connectivity index (χ1n) is 10.9. The lowest BCUT2D eigenvalue weighted by atomic mass is 9.70. The van der Waals surface area contributed by atoms with Crippen LogP contribution in [-0.2, 0) is 4.79 Å². The Morgan fingerprint density at radius 2 is 1.42 bits per heavy atom. The first kappa shape index (κ1) is 23.0. The number of likely N-dealkylation sites (N-methyl/N-ethyl adjacent to an activating group) is 1. The van der Waals surface area contributed by atoms with Gasteiger partial charge < -0.3 is 4.90 Å². The molecule has 33 heavy (non-hydrogen) atoms. The quantitative estimate of drug-likeness (QED) is 0.503. The number of likely N-dealkylation sites (tertiary alicyclic amines) is 1. The zero-order valence-electron chi connectivity index (χ0n) is 18.8. The van der Waals surface area contributed by atoms with Crippen LogP contribution in [-0.4, -0.2) is 66.0 Å². The predicted octanol–water partition coefficient (Wildman–Crippen LogP) is 3.63. The number of ketones is 2. The van der Waals surface area contributed by atoms with Crippen molar-refractivity contribution >= 4 is 28.8 Å². The Balaban J connectivity index is 1.76. The second-order valence-corrected chi connectivity index (χ2v) is 9.31. The molecule has 3 aromatic rings. The lowest BCUT2D eigenvalue weighted by Crippen LogP contribution is -2.52. The van der Waals surface area contributed by atoms with E-state index in [0.717, 1.165) is 5.69 Å². The minimum Gasteiger partial charge on any atom is -0.348 e. The van der Waals surface area contributed by atoms with E-state index in [9.17, 15) is 14.4 Å². The Hall–Kier alpha value is -3.16. The molecule has 1 aromatic heterocycles. The third-order valence-corrected chi connectivity index (χ3v) is 6.82. The van der Waals surface area contributed by atoms with Gasteiger partial charge in [-0.2, -0.15) is 0 Å². The molecule has 0 bridgehead atoms. The Bertz CT molecular complexity index is 1040. The summed E-state index contributed by atoms with van der Waals surface area (Å²) in [6.45, 7) is 0.954. The monoisotopic (exact) mass is 461 g/mol. The van der Waals surface area contributed by atoms with E-state index in [-0.39, 0.29) is 29.9 Å². The summed E-state index contributed by atoms with van der Waals surface area (Å²) in [7, 11) is 3.42. The van der Waals surface area contributed by atoms with Crippen LogP contribution in [0.15, 0.2) is 71.6 Å². The summed E-state index contributed by atoms with van der Waals surface area (Å²) in [6, 6.07) is 18.3. The second kappa shape index (κ2) is 10.2. The number of carbonyl (C=O) groups is 3. The molecule has 170 valence electrons. The zero-order chi connectivity index (χ0) is 23.4. The summed E-state index contributed by atoms with van der Waals surface area (Å²) in [5.41, 5.74) is 3.72. The van der Waals surface area contributed by atoms with Gasteiger partial charge in [-0.3, -0.25) is 19.3 Å². The van der Waals surface area contributed by atoms with Gasteiger partial charge in [0, 0.05) is 61.4 Å². The maximum Gasteiger partial charge on any atom is 0.236 e. The van der Waals surface area contributed by atoms with E-state index < -0.39 is 11.8 Å². The van der Waals surface area contributed by atoms with Crippen molar-refractivity contribution < 1.29 is 14.4 Å². The molecular formula is C26H27N3O3S. The first-order valence-corrected chi connectivity index (χ1v) is 11.9. The van der Waals surface area contributed by atoms with E-state index in [1.807, 2.05) is 46.7 Å². The van der Waals surface area contributed by atoms with E-state index in [4.69, 9.17) is 0 Å². The largest absolute Gasteiger partial charge is 0.348 e. The van der Waals surface area contributed by atoms with Crippen molar-refractivity contribution in [2.75, 3.05) is 33.7 Å². The molecule has 0 saturated carbocycles. The van der Waals surface area contributed by atoms with Gasteiger partial charge in [-0.05, 0) is 0 Å². The van der Waals surface area contributed by atoms with Gasteiger partial charge in [-0.25, -0.2) is 4.98 Å². The van der Waals surface area contributed by atoms with Crippen LogP contribution in [0.25, 0.3) is 0 Å². The number of nitrogens with zero attached hydrogens (tertiary/aromatic N) is 3. The molecule has 0 aliphatic carbocycles. The number of amides is 1. The van der Waals surface area contributed by atoms with Crippen LogP contribution in [0.5, 0.6) is 0 Å². The third kappa shape index (κ3) is 5.10. The predicted molar refractivity (Wildman–Crippen MR) is 129 cm³/mol. The van der Waals surface area contributed by atoms with Gasteiger partial charge in [-0.15, -0.1) is 11.3 Å². The number of carbonyl (C=O) groups excluding carboxylic acids is 3. The number of thiazole rings is 1. The lowest BCUT2D eigenvalue weighted by molar-refractivity contribution is -0.130. The molecular weight excluding hydrogens is 434 g/mol. The zero-order valence-corrected chi connectivity index (χ0v) is 19.6. The Morgan fingerprint density at radius 1 is 0.909 bits per heavy atom. The normalized spacial score (nSPS) is 19.2. The van der Waals surface area contributed by atoms with E-state index >= 15 is 0 Å². The van der Waals surface area contributed by atoms with Gasteiger partial charge in [-0.1, -0.05) is 60.7 Å². The van der Waals surface area contributed by atoms with Crippen LogP contribution in [0.4, 0.5) is 0 Å². The Labute approximate surface area is 197 Å². The number of Topliss-reactive ketones (excluding diaryl/α,β-unsaturated/α-hetero) is 2. The molecule has 7 heteroatoms. The molecule has 1 amide bonds. The van der Waals surface area contributed by atoms with Crippen molar-refractivity contribution in [3.63, 3.8) is 0 Å². The highest BCUT2D eigenvalue weighted by molar-refractivity contribution is 7.07. The molecule has 0 spiro atoms. The van der Waals surface area contributed by atoms with Crippen molar-refractivity contribution in [3.8, 4) is 0 Å². The van der Waals surface area contributed by atoms with Crippen molar-refractivity contribution in [1.29, 1.82) is 0 Å². The van der Waals surface area contributed by atoms with Crippen LogP contribution in [0.3, 0.4) is 0 Å². The van der Waals surface area contributed by atoms with E-state index in [0.29, 0.717) is 24.2 Å². The average molecular weight is 462 g/mol. The summed E-state index contributed by atoms with van der Waals surface area (Å²) >= 11 is 1.46. The maximum atomic E-state index is 13.7. The smallest absolute Gasteiger partial charge is 0.236 e. The number of rotatable bonds is 7. The molecule has 1 saturated heterocycles. The second-order valence-electron chi connectivity index (χ2n) is 8.59. The SMILES string of the molecule is CN(C)C(=O)CN1C[C@H](C(=O)c2ccccc2)C(c2cscn2)[C@@H](C(=O)c2ccccc2)C1. The standard InChI is InChI=1S/C26H27N3O3S/c1-28(2)23(30)15-29-13-20(25(31)18-9-5-3-6-10-18)24(22-16-33-17-27-22)21(14-29)26(32)19-11-7-4-8-12-19/h3-12,16-17,20-21,24H,13-15H2,1-2H3/t20-,21-/m0/s1. The van der Waals surface area contributed by atoms with Gasteiger partial charge >= 0.3 is 0 Å². The molecule has 2 atom stereocenters. The van der Waals surface area contributed by atoms with Crippen LogP contribution in [0.2, 0.25) is 0 Å². The maximum absolute atomic E-state index is 13.7. The van der Waals surface area contributed by atoms with Crippen molar-refractivity contribution in [1.82, 2.24) is 14.8 Å². The van der Waals surface area contributed by atoms with Crippen LogP contribution in [0.1, 0.15) is 32.3 Å². The van der Waals surface area contributed by atoms with Crippen LogP contribution >= 0.6 is 11.3 Å².